The monoisotopic (exact) mass is 294 g/mol. The van der Waals surface area contributed by atoms with Crippen LogP contribution in [0.5, 0.6) is 0 Å². The Morgan fingerprint density at radius 3 is 2.73 bits per heavy atom. The van der Waals surface area contributed by atoms with Crippen LogP contribution in [0.15, 0.2) is 41.8 Å². The number of aliphatic imine (C=N–C) groups is 1. The molecule has 1 heterocycles. The zero-order valence-corrected chi connectivity index (χ0v) is 13.5. The highest BCUT2D eigenvalue weighted by molar-refractivity contribution is 5.75. The number of aromatic nitrogens is 2. The Kier molecular flexibility index (Phi) is 4.62. The lowest BCUT2D eigenvalue weighted by molar-refractivity contribution is -0.663. The summed E-state index contributed by atoms with van der Waals surface area (Å²) in [6.45, 7) is 2.14. The third-order valence-corrected chi connectivity index (χ3v) is 4.51. The second kappa shape index (κ2) is 6.82. The van der Waals surface area contributed by atoms with Crippen molar-refractivity contribution >= 4 is 11.9 Å². The molecule has 0 unspecified atom stereocenters. The van der Waals surface area contributed by atoms with Crippen molar-refractivity contribution < 1.29 is 4.57 Å². The Morgan fingerprint density at radius 2 is 1.95 bits per heavy atom. The van der Waals surface area contributed by atoms with Crippen LogP contribution in [0.1, 0.15) is 37.7 Å². The fourth-order valence-corrected chi connectivity index (χ4v) is 3.23. The molecule has 0 spiro atoms. The van der Waals surface area contributed by atoms with Crippen molar-refractivity contribution in [3.63, 3.8) is 0 Å². The molecular weight excluding hydrogens is 270 g/mol. The second-order valence-corrected chi connectivity index (χ2v) is 6.23. The van der Waals surface area contributed by atoms with Crippen LogP contribution in [0.25, 0.3) is 11.3 Å². The minimum absolute atomic E-state index is 0.629. The molecule has 114 valence electrons. The number of benzene rings is 1. The van der Waals surface area contributed by atoms with E-state index < -0.39 is 0 Å². The zero-order valence-electron chi connectivity index (χ0n) is 13.5. The minimum atomic E-state index is 0.629. The van der Waals surface area contributed by atoms with Crippen LogP contribution in [0.2, 0.25) is 0 Å². The summed E-state index contributed by atoms with van der Waals surface area (Å²) < 4.78 is 2.07. The molecule has 3 rings (SSSR count). The summed E-state index contributed by atoms with van der Waals surface area (Å²) in [5.74, 6) is 0.629. The molecule has 1 saturated carbocycles. The molecule has 1 aromatic carbocycles. The van der Waals surface area contributed by atoms with E-state index in [4.69, 9.17) is 4.99 Å². The predicted molar refractivity (Wildman–Crippen MR) is 90.3 cm³/mol. The normalized spacial score (nSPS) is 16.3. The predicted octanol–water partition coefficient (Wildman–Crippen LogP) is 4.16. The van der Waals surface area contributed by atoms with Gasteiger partial charge in [-0.2, -0.15) is 0 Å². The molecule has 1 aromatic heterocycles. The number of nitrogens with zero attached hydrogens (tertiary/aromatic N) is 3. The molecule has 0 saturated heterocycles. The van der Waals surface area contributed by atoms with Gasteiger partial charge >= 0.3 is 0 Å². The van der Waals surface area contributed by atoms with E-state index in [9.17, 15) is 0 Å². The molecule has 0 N–H and O–H groups in total. The molecule has 1 fully saturated rings. The number of aryl methyl sites for hydroxylation is 2. The highest BCUT2D eigenvalue weighted by Gasteiger charge is 2.16. The zero-order chi connectivity index (χ0) is 15.4. The van der Waals surface area contributed by atoms with E-state index in [1.165, 1.54) is 43.2 Å². The van der Waals surface area contributed by atoms with Gasteiger partial charge in [0.2, 0.25) is 0 Å². The first-order valence-corrected chi connectivity index (χ1v) is 8.19. The van der Waals surface area contributed by atoms with Crippen LogP contribution < -0.4 is 4.57 Å². The van der Waals surface area contributed by atoms with Crippen LogP contribution in [0, 0.1) is 12.8 Å². The average molecular weight is 294 g/mol. The Morgan fingerprint density at radius 1 is 1.18 bits per heavy atom. The molecule has 22 heavy (non-hydrogen) atoms. The van der Waals surface area contributed by atoms with Crippen molar-refractivity contribution in [1.82, 2.24) is 4.98 Å². The second-order valence-electron chi connectivity index (χ2n) is 6.23. The molecule has 0 amide bonds. The minimum Gasteiger partial charge on any atom is -0.253 e. The molecule has 3 nitrogen and oxygen atoms in total. The topological polar surface area (TPSA) is 29.1 Å². The van der Waals surface area contributed by atoms with Crippen molar-refractivity contribution in [3.05, 3.63) is 42.4 Å². The SMILES string of the molecule is Cc1ccccc1-c1c(N=CC2CCCCC2)cnc[n+]1C. The molecule has 0 bridgehead atoms. The fourth-order valence-electron chi connectivity index (χ4n) is 3.23. The van der Waals surface area contributed by atoms with Crippen LogP contribution in [0.4, 0.5) is 5.69 Å². The molecule has 1 aliphatic rings. The average Bonchev–Trinajstić information content (AvgIpc) is 2.55. The lowest BCUT2D eigenvalue weighted by atomic mass is 9.90. The Bertz CT molecular complexity index is 670. The van der Waals surface area contributed by atoms with E-state index in [0.717, 1.165) is 11.4 Å². The lowest BCUT2D eigenvalue weighted by Crippen LogP contribution is -2.31. The van der Waals surface area contributed by atoms with E-state index in [1.54, 1.807) is 0 Å². The Labute approximate surface area is 132 Å². The van der Waals surface area contributed by atoms with Crippen LogP contribution in [0.3, 0.4) is 0 Å². The van der Waals surface area contributed by atoms with Gasteiger partial charge in [-0.1, -0.05) is 48.5 Å². The van der Waals surface area contributed by atoms with Gasteiger partial charge in [-0.15, -0.1) is 0 Å². The van der Waals surface area contributed by atoms with Gasteiger partial charge in [-0.25, -0.2) is 4.57 Å². The maximum Gasteiger partial charge on any atom is 0.286 e. The molecule has 2 aromatic rings. The van der Waals surface area contributed by atoms with Gasteiger partial charge < -0.3 is 0 Å². The van der Waals surface area contributed by atoms with Crippen LogP contribution in [-0.4, -0.2) is 11.2 Å². The van der Waals surface area contributed by atoms with Crippen molar-refractivity contribution in [2.75, 3.05) is 0 Å². The van der Waals surface area contributed by atoms with Gasteiger partial charge in [0.05, 0.1) is 7.05 Å². The lowest BCUT2D eigenvalue weighted by Gasteiger charge is -2.17. The number of hydrogen-bond donors (Lipinski definition) is 0. The standard InChI is InChI=1S/C19H24N3/c1-15-8-6-7-11-17(15)19-18(13-20-14-22(19)2)21-12-16-9-4-3-5-10-16/h6-8,11-14,16H,3-5,9-10H2,1-2H3/q+1. The van der Waals surface area contributed by atoms with Crippen LogP contribution in [-0.2, 0) is 7.05 Å². The maximum absolute atomic E-state index is 4.80. The van der Waals surface area contributed by atoms with Crippen molar-refractivity contribution in [2.24, 2.45) is 18.0 Å². The largest absolute Gasteiger partial charge is 0.286 e. The van der Waals surface area contributed by atoms with Crippen molar-refractivity contribution in [2.45, 2.75) is 39.0 Å². The van der Waals surface area contributed by atoms with E-state index in [1.807, 2.05) is 19.6 Å². The molecule has 3 heteroatoms. The summed E-state index contributed by atoms with van der Waals surface area (Å²) in [6, 6.07) is 8.46. The van der Waals surface area contributed by atoms with Gasteiger partial charge in [-0.05, 0) is 31.2 Å². The van der Waals surface area contributed by atoms with Gasteiger partial charge in [-0.3, -0.25) is 4.99 Å². The Balaban J connectivity index is 1.96. The third-order valence-electron chi connectivity index (χ3n) is 4.51. The van der Waals surface area contributed by atoms with Gasteiger partial charge in [0.15, 0.2) is 17.6 Å². The fraction of sp³-hybridized carbons (Fsp3) is 0.421. The highest BCUT2D eigenvalue weighted by Crippen LogP contribution is 2.29. The van der Waals surface area contributed by atoms with E-state index in [0.29, 0.717) is 5.92 Å². The summed E-state index contributed by atoms with van der Waals surface area (Å²) in [6.07, 6.45) is 12.5. The van der Waals surface area contributed by atoms with Gasteiger partial charge in [0, 0.05) is 11.8 Å². The van der Waals surface area contributed by atoms with Gasteiger partial charge in [0.25, 0.3) is 6.33 Å². The van der Waals surface area contributed by atoms with E-state index >= 15 is 0 Å². The first kappa shape index (κ1) is 14.9. The summed E-state index contributed by atoms with van der Waals surface area (Å²) in [5.41, 5.74) is 4.59. The smallest absolute Gasteiger partial charge is 0.253 e. The quantitative estimate of drug-likeness (QED) is 0.617. The van der Waals surface area contributed by atoms with Crippen molar-refractivity contribution in [1.29, 1.82) is 0 Å². The molecule has 0 atom stereocenters. The summed E-state index contributed by atoms with van der Waals surface area (Å²) in [4.78, 5) is 9.11. The van der Waals surface area contributed by atoms with E-state index in [-0.39, 0.29) is 0 Å². The highest BCUT2D eigenvalue weighted by atomic mass is 15.0. The summed E-state index contributed by atoms with van der Waals surface area (Å²) >= 11 is 0. The first-order chi connectivity index (χ1) is 10.8. The van der Waals surface area contributed by atoms with Crippen LogP contribution >= 0.6 is 0 Å². The number of rotatable bonds is 3. The molecule has 0 radical (unpaired) electrons. The maximum atomic E-state index is 4.80. The molecule has 0 aliphatic heterocycles. The third kappa shape index (κ3) is 3.24. The molecular formula is C19H24N3+. The summed E-state index contributed by atoms with van der Waals surface area (Å²) in [5, 5.41) is 0. The first-order valence-electron chi connectivity index (χ1n) is 8.19. The van der Waals surface area contributed by atoms with E-state index in [2.05, 4.69) is 47.0 Å². The number of hydrogen-bond acceptors (Lipinski definition) is 2. The summed E-state index contributed by atoms with van der Waals surface area (Å²) in [7, 11) is 2.04. The Hall–Kier alpha value is -2.03. The van der Waals surface area contributed by atoms with Crippen molar-refractivity contribution in [3.8, 4) is 11.3 Å². The molecule has 1 aliphatic carbocycles. The van der Waals surface area contributed by atoms with Gasteiger partial charge in [0.1, 0.15) is 0 Å².